The van der Waals surface area contributed by atoms with Crippen molar-refractivity contribution in [2.45, 2.75) is 108 Å². The highest BCUT2D eigenvalue weighted by atomic mass is 19.1. The van der Waals surface area contributed by atoms with Gasteiger partial charge in [0.2, 0.25) is 18.0 Å². The van der Waals surface area contributed by atoms with E-state index in [1.807, 2.05) is 24.8 Å². The maximum absolute atomic E-state index is 16.0. The minimum absolute atomic E-state index is 0.00642. The zero-order valence-electron chi connectivity index (χ0n) is 36.0. The Balaban J connectivity index is 0.784. The number of methoxy groups -OCH3 is 1. The second kappa shape index (κ2) is 16.3. The van der Waals surface area contributed by atoms with Gasteiger partial charge in [-0.2, -0.15) is 0 Å². The molecular weight excluding hydrogens is 818 g/mol. The lowest BCUT2D eigenvalue weighted by molar-refractivity contribution is -0.181. The monoisotopic (exact) mass is 873 g/mol. The standard InChI is InChI=1S/C47H56FN3O12/c1-45-14-12-28(52)17-26(45)6-9-29-32-13-15-47(59,46(32,2)19-35(53)39(29)45)36(54)23-61-37(55)10-11-38(56)62-24-63-44(58)31-21-51(27-7-8-27)40-30(42(31)57)18-33(48)41(43(40)60-3)50-20-25-5-4-16-49-34(25)22-50/h12,14,17-18,21,25,27,29,32,34-35,39,49,53,59H,4-11,13,15-16,19-20,22-24H2,1-3H3/t25?,29-,32-,34?,35-,39?,45-,46-,47-/m1/s1. The van der Waals surface area contributed by atoms with Crippen LogP contribution in [0, 0.1) is 40.3 Å². The Morgan fingerprint density at radius 2 is 1.76 bits per heavy atom. The number of Topliss-reactive ketones (excluding diaryl/α,β-unsaturated/α-hetero) is 1. The predicted molar refractivity (Wildman–Crippen MR) is 224 cm³/mol. The van der Waals surface area contributed by atoms with Crippen molar-refractivity contribution in [3.8, 4) is 5.75 Å². The topological polar surface area (TPSA) is 200 Å². The summed E-state index contributed by atoms with van der Waals surface area (Å²) in [7, 11) is 1.44. The molecule has 3 heterocycles. The molecule has 338 valence electrons. The number of aliphatic hydroxyl groups excluding tert-OH is 1. The van der Waals surface area contributed by atoms with E-state index >= 15 is 4.39 Å². The van der Waals surface area contributed by atoms with Crippen LogP contribution in [-0.2, 0) is 33.4 Å². The molecule has 2 aliphatic heterocycles. The SMILES string of the molecule is COc1c(N2CC3CCCNC3C2)c(F)cc2c(=O)c(C(=O)OCOC(=O)CCC(=O)OCC(=O)[C@]3(O)CC[C@@H]4[C@H]5CCC6=CC(=O)C=C[C@@]6(C)C5[C@H](O)C[C@]43C)cn(C3CC3)c12. The number of aromatic nitrogens is 1. The van der Waals surface area contributed by atoms with E-state index in [0.29, 0.717) is 37.4 Å². The number of pyridine rings is 1. The van der Waals surface area contributed by atoms with Crippen molar-refractivity contribution < 1.29 is 57.5 Å². The number of fused-ring (bicyclic) bond motifs is 7. The summed E-state index contributed by atoms with van der Waals surface area (Å²) in [6.45, 7) is 4.45. The van der Waals surface area contributed by atoms with Gasteiger partial charge in [-0.05, 0) is 100 Å². The quantitative estimate of drug-likeness (QED) is 0.202. The summed E-state index contributed by atoms with van der Waals surface area (Å²) < 4.78 is 39.0. The number of aliphatic hydroxyl groups is 2. The van der Waals surface area contributed by atoms with Gasteiger partial charge in [0.25, 0.3) is 0 Å². The van der Waals surface area contributed by atoms with Gasteiger partial charge in [0.05, 0.1) is 37.0 Å². The molecule has 0 bridgehead atoms. The Morgan fingerprint density at radius 3 is 2.49 bits per heavy atom. The number of hydrogen-bond acceptors (Lipinski definition) is 14. The summed E-state index contributed by atoms with van der Waals surface area (Å²) in [6.07, 6.45) is 10.7. The Bertz CT molecular complexity index is 2380. The number of benzene rings is 1. The smallest absolute Gasteiger partial charge is 0.346 e. The van der Waals surface area contributed by atoms with Crippen molar-refractivity contribution >= 4 is 46.1 Å². The molecule has 9 atom stereocenters. The fraction of sp³-hybridized carbons (Fsp3) is 0.617. The predicted octanol–water partition coefficient (Wildman–Crippen LogP) is 4.23. The van der Waals surface area contributed by atoms with E-state index in [9.17, 15) is 39.0 Å². The maximum atomic E-state index is 16.0. The summed E-state index contributed by atoms with van der Waals surface area (Å²) >= 11 is 0. The number of esters is 3. The van der Waals surface area contributed by atoms with E-state index in [-0.39, 0.29) is 70.8 Å². The van der Waals surface area contributed by atoms with Crippen LogP contribution < -0.4 is 20.4 Å². The Morgan fingerprint density at radius 1 is 1.00 bits per heavy atom. The average Bonchev–Trinajstić information content (AvgIpc) is 3.95. The molecule has 2 aromatic rings. The molecule has 7 aliphatic rings. The van der Waals surface area contributed by atoms with Gasteiger partial charge in [0.15, 0.2) is 24.0 Å². The summed E-state index contributed by atoms with van der Waals surface area (Å²) in [4.78, 5) is 80.0. The lowest BCUT2D eigenvalue weighted by Gasteiger charge is -2.59. The van der Waals surface area contributed by atoms with Crippen molar-refractivity contribution in [2.75, 3.05) is 45.0 Å². The van der Waals surface area contributed by atoms with Gasteiger partial charge in [0, 0.05) is 48.1 Å². The number of carbonyl (C=O) groups is 5. The summed E-state index contributed by atoms with van der Waals surface area (Å²) in [5.74, 6) is -3.90. The molecule has 9 rings (SSSR count). The van der Waals surface area contributed by atoms with E-state index in [0.717, 1.165) is 50.3 Å². The van der Waals surface area contributed by atoms with Gasteiger partial charge in [-0.25, -0.2) is 9.18 Å². The molecule has 6 fully saturated rings. The third kappa shape index (κ3) is 7.29. The largest absolute Gasteiger partial charge is 0.492 e. The molecule has 0 spiro atoms. The van der Waals surface area contributed by atoms with Crippen molar-refractivity contribution in [3.05, 3.63) is 57.7 Å². The van der Waals surface area contributed by atoms with Crippen LogP contribution >= 0.6 is 0 Å². The zero-order valence-corrected chi connectivity index (χ0v) is 36.0. The van der Waals surface area contributed by atoms with E-state index in [2.05, 4.69) is 5.32 Å². The fourth-order valence-electron chi connectivity index (χ4n) is 12.6. The number of piperidine rings is 1. The van der Waals surface area contributed by atoms with E-state index in [1.54, 1.807) is 16.7 Å². The number of carbonyl (C=O) groups excluding carboxylic acids is 5. The zero-order chi connectivity index (χ0) is 44.6. The average molecular weight is 874 g/mol. The first-order valence-electron chi connectivity index (χ1n) is 22.4. The highest BCUT2D eigenvalue weighted by Crippen LogP contribution is 2.67. The van der Waals surface area contributed by atoms with E-state index in [4.69, 9.17) is 18.9 Å². The maximum Gasteiger partial charge on any atom is 0.346 e. The lowest BCUT2D eigenvalue weighted by atomic mass is 9.46. The number of allylic oxidation sites excluding steroid dienone is 4. The summed E-state index contributed by atoms with van der Waals surface area (Å²) in [5.41, 5.74) is -2.76. The second-order valence-corrected chi connectivity index (χ2v) is 19.3. The van der Waals surface area contributed by atoms with Crippen molar-refractivity contribution in [2.24, 2.45) is 34.5 Å². The first kappa shape index (κ1) is 43.3. The van der Waals surface area contributed by atoms with E-state index in [1.165, 1.54) is 13.3 Å². The van der Waals surface area contributed by atoms with Gasteiger partial charge in [-0.3, -0.25) is 24.0 Å². The Hall–Kier alpha value is -4.93. The number of halogens is 1. The highest BCUT2D eigenvalue weighted by molar-refractivity contribution is 6.01. The molecule has 15 nitrogen and oxygen atoms in total. The summed E-state index contributed by atoms with van der Waals surface area (Å²) in [5, 5.41) is 27.1. The first-order valence-corrected chi connectivity index (χ1v) is 22.4. The highest BCUT2D eigenvalue weighted by Gasteiger charge is 2.68. The van der Waals surface area contributed by atoms with Crippen LogP contribution in [0.3, 0.4) is 0 Å². The second-order valence-electron chi connectivity index (χ2n) is 19.3. The molecule has 2 saturated heterocycles. The number of hydrogen-bond donors (Lipinski definition) is 3. The minimum atomic E-state index is -1.84. The van der Waals surface area contributed by atoms with Crippen LogP contribution in [0.1, 0.15) is 101 Å². The third-order valence-electron chi connectivity index (χ3n) is 15.9. The Kier molecular flexibility index (Phi) is 11.2. The van der Waals surface area contributed by atoms with Gasteiger partial charge in [0.1, 0.15) is 16.9 Å². The number of anilines is 1. The van der Waals surface area contributed by atoms with Crippen LogP contribution in [0.2, 0.25) is 0 Å². The minimum Gasteiger partial charge on any atom is -0.492 e. The van der Waals surface area contributed by atoms with E-state index < -0.39 is 83.7 Å². The van der Waals surface area contributed by atoms with Gasteiger partial charge in [-0.1, -0.05) is 25.5 Å². The third-order valence-corrected chi connectivity index (χ3v) is 15.9. The van der Waals surface area contributed by atoms with Gasteiger partial charge < -0.3 is 43.9 Å². The van der Waals surface area contributed by atoms with Crippen molar-refractivity contribution in [1.82, 2.24) is 9.88 Å². The number of ether oxygens (including phenoxy) is 4. The normalized spacial score (nSPS) is 33.1. The van der Waals surface area contributed by atoms with Crippen LogP contribution in [0.4, 0.5) is 10.1 Å². The van der Waals surface area contributed by atoms with Crippen LogP contribution in [0.15, 0.2) is 40.9 Å². The molecule has 0 amide bonds. The molecule has 1 aromatic heterocycles. The molecule has 1 aromatic carbocycles. The molecule has 4 saturated carbocycles. The molecule has 63 heavy (non-hydrogen) atoms. The fourth-order valence-corrected chi connectivity index (χ4v) is 12.6. The number of ketones is 2. The van der Waals surface area contributed by atoms with Crippen LogP contribution in [0.5, 0.6) is 5.75 Å². The molecular formula is C47H56FN3O12. The molecule has 0 radical (unpaired) electrons. The number of rotatable bonds is 12. The van der Waals surface area contributed by atoms with Crippen molar-refractivity contribution in [3.63, 3.8) is 0 Å². The van der Waals surface area contributed by atoms with Crippen LogP contribution in [0.25, 0.3) is 10.9 Å². The van der Waals surface area contributed by atoms with Crippen LogP contribution in [-0.4, -0.2) is 102 Å². The van der Waals surface area contributed by atoms with Crippen molar-refractivity contribution in [1.29, 1.82) is 0 Å². The first-order chi connectivity index (χ1) is 30.1. The number of nitrogens with one attached hydrogen (secondary N) is 1. The van der Waals surface area contributed by atoms with Gasteiger partial charge in [-0.15, -0.1) is 0 Å². The van der Waals surface area contributed by atoms with Gasteiger partial charge >= 0.3 is 17.9 Å². The molecule has 16 heteroatoms. The lowest BCUT2D eigenvalue weighted by Crippen LogP contribution is -2.61. The summed E-state index contributed by atoms with van der Waals surface area (Å²) in [6, 6.07) is 1.33. The number of nitrogens with zero attached hydrogens (tertiary/aromatic N) is 2. The Labute approximate surface area is 363 Å². The molecule has 3 unspecified atom stereocenters. The molecule has 3 N–H and O–H groups in total. The molecule has 5 aliphatic carbocycles.